The molecule has 0 aliphatic rings. The SMILES string of the molecule is C.COC(=O)c1ccc([N+](=O)[O-])cc1C(=O)OC. The number of carbonyl (C=O) groups is 2. The first-order valence-electron chi connectivity index (χ1n) is 4.46. The molecule has 0 amide bonds. The third-order valence-corrected chi connectivity index (χ3v) is 2.02. The van der Waals surface area contributed by atoms with E-state index in [1.54, 1.807) is 0 Å². The van der Waals surface area contributed by atoms with Crippen LogP contribution in [0, 0.1) is 10.1 Å². The van der Waals surface area contributed by atoms with Crippen molar-refractivity contribution in [3.63, 3.8) is 0 Å². The van der Waals surface area contributed by atoms with E-state index >= 15 is 0 Å². The zero-order valence-corrected chi connectivity index (χ0v) is 9.13. The average Bonchev–Trinajstić information content (AvgIpc) is 2.35. The Morgan fingerprint density at radius 1 is 1.11 bits per heavy atom. The summed E-state index contributed by atoms with van der Waals surface area (Å²) in [6, 6.07) is 3.23. The Hall–Kier alpha value is -2.44. The molecule has 7 heteroatoms. The Balaban J connectivity index is 0.00000289. The third-order valence-electron chi connectivity index (χ3n) is 2.02. The molecule has 0 aliphatic carbocycles. The summed E-state index contributed by atoms with van der Waals surface area (Å²) in [5.41, 5.74) is -0.587. The number of non-ortho nitro benzene ring substituents is 1. The summed E-state index contributed by atoms with van der Waals surface area (Å²) in [4.78, 5) is 32.6. The van der Waals surface area contributed by atoms with Crippen LogP contribution >= 0.6 is 0 Å². The second-order valence-corrected chi connectivity index (χ2v) is 2.97. The molecular weight excluding hydrogens is 242 g/mol. The predicted molar refractivity (Wildman–Crippen MR) is 62.5 cm³/mol. The molecule has 0 N–H and O–H groups in total. The maximum absolute atomic E-state index is 11.4. The third kappa shape index (κ3) is 3.03. The standard InChI is InChI=1S/C10H9NO6.CH4/c1-16-9(12)7-4-3-6(11(14)15)5-8(7)10(13)17-2;/h3-5H,1-2H3;1H4. The first-order chi connectivity index (χ1) is 8.01. The van der Waals surface area contributed by atoms with E-state index in [0.29, 0.717) is 0 Å². The molecule has 0 aliphatic heterocycles. The Morgan fingerprint density at radius 2 is 1.61 bits per heavy atom. The Bertz CT molecular complexity index is 482. The quantitative estimate of drug-likeness (QED) is 0.464. The van der Waals surface area contributed by atoms with Crippen molar-refractivity contribution in [3.8, 4) is 0 Å². The molecule has 7 nitrogen and oxygen atoms in total. The molecule has 0 bridgehead atoms. The number of esters is 2. The molecule has 0 saturated carbocycles. The van der Waals surface area contributed by atoms with E-state index in [4.69, 9.17) is 0 Å². The second kappa shape index (κ2) is 6.33. The van der Waals surface area contributed by atoms with E-state index in [1.807, 2.05) is 0 Å². The van der Waals surface area contributed by atoms with Crippen LogP contribution in [0.4, 0.5) is 5.69 Å². The minimum Gasteiger partial charge on any atom is -0.465 e. The number of nitrogens with zero attached hydrogens (tertiary/aromatic N) is 1. The first-order valence-corrected chi connectivity index (χ1v) is 4.46. The van der Waals surface area contributed by atoms with E-state index in [0.717, 1.165) is 32.4 Å². The zero-order valence-electron chi connectivity index (χ0n) is 9.13. The lowest BCUT2D eigenvalue weighted by atomic mass is 10.1. The molecule has 1 aromatic carbocycles. The Kier molecular flexibility index (Phi) is 5.47. The molecule has 18 heavy (non-hydrogen) atoms. The number of nitro benzene ring substituents is 1. The highest BCUT2D eigenvalue weighted by Crippen LogP contribution is 2.19. The molecule has 98 valence electrons. The van der Waals surface area contributed by atoms with Crippen molar-refractivity contribution in [1.82, 2.24) is 0 Å². The summed E-state index contributed by atoms with van der Waals surface area (Å²) < 4.78 is 8.89. The topological polar surface area (TPSA) is 95.7 Å². The predicted octanol–water partition coefficient (Wildman–Crippen LogP) is 1.80. The van der Waals surface area contributed by atoms with Gasteiger partial charge in [-0.15, -0.1) is 0 Å². The van der Waals surface area contributed by atoms with E-state index in [-0.39, 0.29) is 24.2 Å². The van der Waals surface area contributed by atoms with Crippen LogP contribution in [0.1, 0.15) is 28.1 Å². The van der Waals surface area contributed by atoms with E-state index in [9.17, 15) is 19.7 Å². The van der Waals surface area contributed by atoms with Gasteiger partial charge in [-0.3, -0.25) is 10.1 Å². The molecule has 0 aromatic heterocycles. The number of carbonyl (C=O) groups excluding carboxylic acids is 2. The summed E-state index contributed by atoms with van der Waals surface area (Å²) in [6.07, 6.45) is 0. The monoisotopic (exact) mass is 255 g/mol. The van der Waals surface area contributed by atoms with Crippen LogP contribution in [0.15, 0.2) is 18.2 Å². The number of hydrogen-bond acceptors (Lipinski definition) is 6. The Labute approximate surface area is 103 Å². The van der Waals surface area contributed by atoms with Gasteiger partial charge in [-0.1, -0.05) is 7.43 Å². The van der Waals surface area contributed by atoms with E-state index in [2.05, 4.69) is 9.47 Å². The molecule has 0 atom stereocenters. The highest BCUT2D eigenvalue weighted by molar-refractivity contribution is 6.03. The van der Waals surface area contributed by atoms with Gasteiger partial charge in [0.2, 0.25) is 0 Å². The molecule has 0 spiro atoms. The summed E-state index contributed by atoms with van der Waals surface area (Å²) >= 11 is 0. The number of methoxy groups -OCH3 is 2. The van der Waals surface area contributed by atoms with Crippen molar-refractivity contribution < 1.29 is 24.0 Å². The summed E-state index contributed by atoms with van der Waals surface area (Å²) in [7, 11) is 2.26. The number of nitro groups is 1. The number of benzene rings is 1. The average molecular weight is 255 g/mol. The first kappa shape index (κ1) is 15.6. The minimum absolute atomic E-state index is 0. The van der Waals surface area contributed by atoms with Crippen LogP contribution in [-0.2, 0) is 9.47 Å². The second-order valence-electron chi connectivity index (χ2n) is 2.97. The summed E-state index contributed by atoms with van der Waals surface area (Å²) in [5.74, 6) is -1.60. The lowest BCUT2D eigenvalue weighted by molar-refractivity contribution is -0.384. The van der Waals surface area contributed by atoms with Gasteiger partial charge in [0.25, 0.3) is 5.69 Å². The van der Waals surface area contributed by atoms with Gasteiger partial charge in [0.05, 0.1) is 30.3 Å². The van der Waals surface area contributed by atoms with Gasteiger partial charge < -0.3 is 9.47 Å². The normalized spacial score (nSPS) is 9.00. The smallest absolute Gasteiger partial charge is 0.338 e. The maximum Gasteiger partial charge on any atom is 0.338 e. The summed E-state index contributed by atoms with van der Waals surface area (Å²) in [6.45, 7) is 0. The van der Waals surface area contributed by atoms with Crippen LogP contribution < -0.4 is 0 Å². The van der Waals surface area contributed by atoms with Crippen LogP contribution in [0.3, 0.4) is 0 Å². The fraction of sp³-hybridized carbons (Fsp3) is 0.273. The summed E-state index contributed by atoms with van der Waals surface area (Å²) in [5, 5.41) is 10.6. The van der Waals surface area contributed by atoms with Gasteiger partial charge in [0, 0.05) is 12.1 Å². The molecule has 1 rings (SSSR count). The Morgan fingerprint density at radius 3 is 2.06 bits per heavy atom. The molecule has 0 heterocycles. The highest BCUT2D eigenvalue weighted by Gasteiger charge is 2.21. The number of ether oxygens (including phenoxy) is 2. The zero-order chi connectivity index (χ0) is 13.0. The molecule has 0 fully saturated rings. The van der Waals surface area contributed by atoms with Gasteiger partial charge >= 0.3 is 11.9 Å². The van der Waals surface area contributed by atoms with Crippen LogP contribution in [0.5, 0.6) is 0 Å². The number of rotatable bonds is 3. The van der Waals surface area contributed by atoms with Crippen molar-refractivity contribution >= 4 is 17.6 Å². The molecular formula is C11H13NO6. The van der Waals surface area contributed by atoms with Crippen LogP contribution in [-0.4, -0.2) is 31.1 Å². The van der Waals surface area contributed by atoms with Crippen molar-refractivity contribution in [3.05, 3.63) is 39.4 Å². The van der Waals surface area contributed by atoms with Gasteiger partial charge in [-0.05, 0) is 6.07 Å². The number of hydrogen-bond donors (Lipinski definition) is 0. The van der Waals surface area contributed by atoms with Crippen molar-refractivity contribution in [2.24, 2.45) is 0 Å². The van der Waals surface area contributed by atoms with Gasteiger partial charge in [0.1, 0.15) is 0 Å². The fourth-order valence-electron chi connectivity index (χ4n) is 1.21. The van der Waals surface area contributed by atoms with Crippen molar-refractivity contribution in [2.75, 3.05) is 14.2 Å². The molecule has 0 saturated heterocycles. The lowest BCUT2D eigenvalue weighted by Gasteiger charge is -2.05. The maximum atomic E-state index is 11.4. The van der Waals surface area contributed by atoms with E-state index < -0.39 is 16.9 Å². The van der Waals surface area contributed by atoms with Crippen LogP contribution in [0.2, 0.25) is 0 Å². The van der Waals surface area contributed by atoms with Gasteiger partial charge in [-0.2, -0.15) is 0 Å². The molecule has 0 radical (unpaired) electrons. The van der Waals surface area contributed by atoms with Gasteiger partial charge in [-0.25, -0.2) is 9.59 Å². The van der Waals surface area contributed by atoms with Crippen LogP contribution in [0.25, 0.3) is 0 Å². The van der Waals surface area contributed by atoms with Crippen molar-refractivity contribution in [1.29, 1.82) is 0 Å². The largest absolute Gasteiger partial charge is 0.465 e. The highest BCUT2D eigenvalue weighted by atomic mass is 16.6. The van der Waals surface area contributed by atoms with Crippen molar-refractivity contribution in [2.45, 2.75) is 7.43 Å². The molecule has 0 unspecified atom stereocenters. The van der Waals surface area contributed by atoms with E-state index in [1.165, 1.54) is 0 Å². The van der Waals surface area contributed by atoms with Gasteiger partial charge in [0.15, 0.2) is 0 Å². The molecule has 1 aromatic rings. The lowest BCUT2D eigenvalue weighted by Crippen LogP contribution is -2.12. The minimum atomic E-state index is -0.839. The fourth-order valence-corrected chi connectivity index (χ4v) is 1.21.